The molecule has 6 rings (SSSR count). The van der Waals surface area contributed by atoms with Crippen molar-refractivity contribution in [3.63, 3.8) is 0 Å². The minimum absolute atomic E-state index is 0.203. The first-order chi connectivity index (χ1) is 18.7. The van der Waals surface area contributed by atoms with Crippen LogP contribution in [0.3, 0.4) is 0 Å². The molecule has 1 fully saturated rings. The number of benzene rings is 2. The van der Waals surface area contributed by atoms with Gasteiger partial charge < -0.3 is 14.8 Å². The van der Waals surface area contributed by atoms with Crippen molar-refractivity contribution in [2.45, 2.75) is 25.5 Å². The Morgan fingerprint density at radius 1 is 0.974 bits per heavy atom. The Morgan fingerprint density at radius 3 is 2.66 bits per heavy atom. The number of nitrogens with one attached hydrogen (secondary N) is 1. The molecular formula is C28H24N8O2. The fraction of sp³-hybridized carbons (Fsp3) is 0.214. The van der Waals surface area contributed by atoms with Crippen LogP contribution in [-0.4, -0.2) is 49.1 Å². The Balaban J connectivity index is 1.18. The molecule has 4 heterocycles. The van der Waals surface area contributed by atoms with Crippen molar-refractivity contribution in [1.29, 1.82) is 5.26 Å². The van der Waals surface area contributed by atoms with Crippen LogP contribution in [0.5, 0.6) is 17.4 Å². The highest BCUT2D eigenvalue weighted by Gasteiger charge is 2.15. The minimum atomic E-state index is 0.203. The molecule has 0 unspecified atom stereocenters. The summed E-state index contributed by atoms with van der Waals surface area (Å²) in [7, 11) is 0. The van der Waals surface area contributed by atoms with Crippen molar-refractivity contribution in [3.05, 3.63) is 84.2 Å². The lowest BCUT2D eigenvalue weighted by Gasteiger charge is -2.23. The lowest BCUT2D eigenvalue weighted by molar-refractivity contribution is 0.161. The average Bonchev–Trinajstić information content (AvgIpc) is 3.36. The van der Waals surface area contributed by atoms with Gasteiger partial charge in [-0.3, -0.25) is 0 Å². The van der Waals surface area contributed by atoms with Crippen LogP contribution in [0.4, 0.5) is 0 Å². The van der Waals surface area contributed by atoms with Crippen LogP contribution < -0.4 is 14.8 Å². The van der Waals surface area contributed by atoms with E-state index in [4.69, 9.17) is 14.7 Å². The van der Waals surface area contributed by atoms with Gasteiger partial charge in [0.25, 0.3) is 0 Å². The van der Waals surface area contributed by atoms with Gasteiger partial charge in [0.15, 0.2) is 17.2 Å². The predicted molar refractivity (Wildman–Crippen MR) is 140 cm³/mol. The second-order valence-corrected chi connectivity index (χ2v) is 8.99. The zero-order chi connectivity index (χ0) is 25.7. The molecule has 10 heteroatoms. The number of ether oxygens (including phenoxy) is 2. The molecule has 1 N–H and O–H groups in total. The van der Waals surface area contributed by atoms with Crippen molar-refractivity contribution in [1.82, 2.24) is 35.3 Å². The SMILES string of the molecule is N#Cc1cccc(Oc2ccc3nnn(Cc4cccc(-c5ncc(OC6CCNCC6)cn5)c4)c3n2)c1. The summed E-state index contributed by atoms with van der Waals surface area (Å²) in [6.07, 6.45) is 5.64. The molecule has 1 saturated heterocycles. The number of nitriles is 1. The third-order valence-corrected chi connectivity index (χ3v) is 6.25. The molecule has 1 aliphatic rings. The maximum Gasteiger partial charge on any atom is 0.221 e. The van der Waals surface area contributed by atoms with E-state index in [0.717, 1.165) is 37.1 Å². The highest BCUT2D eigenvalue weighted by Crippen LogP contribution is 2.24. The number of aromatic nitrogens is 6. The van der Waals surface area contributed by atoms with Crippen LogP contribution in [-0.2, 0) is 6.54 Å². The molecule has 10 nitrogen and oxygen atoms in total. The van der Waals surface area contributed by atoms with Gasteiger partial charge in [0.05, 0.1) is 30.6 Å². The quantitative estimate of drug-likeness (QED) is 0.348. The Labute approximate surface area is 218 Å². The van der Waals surface area contributed by atoms with Crippen molar-refractivity contribution >= 4 is 11.2 Å². The van der Waals surface area contributed by atoms with E-state index < -0.39 is 0 Å². The van der Waals surface area contributed by atoms with E-state index in [1.54, 1.807) is 47.4 Å². The number of hydrogen-bond acceptors (Lipinski definition) is 9. The van der Waals surface area contributed by atoms with E-state index in [1.165, 1.54) is 0 Å². The second kappa shape index (κ2) is 10.6. The van der Waals surface area contributed by atoms with Crippen molar-refractivity contribution in [2.24, 2.45) is 0 Å². The molecule has 0 amide bonds. The summed E-state index contributed by atoms with van der Waals surface area (Å²) in [5.74, 6) is 2.25. The maximum atomic E-state index is 9.13. The molecule has 0 atom stereocenters. The molecule has 1 aliphatic heterocycles. The molecule has 0 aliphatic carbocycles. The van der Waals surface area contributed by atoms with Gasteiger partial charge in [-0.2, -0.15) is 10.2 Å². The summed E-state index contributed by atoms with van der Waals surface area (Å²) < 4.78 is 13.6. The summed E-state index contributed by atoms with van der Waals surface area (Å²) >= 11 is 0. The standard InChI is InChI=1S/C28H24N8O2/c29-15-19-3-2-6-23(14-19)38-26-8-7-25-28(33-26)36(35-34-25)18-20-4-1-5-21(13-20)27-31-16-24(17-32-27)37-22-9-11-30-12-10-22/h1-8,13-14,16-17,22,30H,9-12,18H2. The summed E-state index contributed by atoms with van der Waals surface area (Å²) in [6.45, 7) is 2.40. The van der Waals surface area contributed by atoms with E-state index in [9.17, 15) is 0 Å². The first-order valence-corrected chi connectivity index (χ1v) is 12.4. The Hall–Kier alpha value is -4.88. The lowest BCUT2D eigenvalue weighted by atomic mass is 10.1. The van der Waals surface area contributed by atoms with Gasteiger partial charge in [-0.1, -0.05) is 29.5 Å². The molecule has 0 saturated carbocycles. The number of nitrogens with zero attached hydrogens (tertiary/aromatic N) is 7. The molecule has 2 aromatic carbocycles. The van der Waals surface area contributed by atoms with Crippen LogP contribution in [0.25, 0.3) is 22.6 Å². The first-order valence-electron chi connectivity index (χ1n) is 12.4. The normalized spacial score (nSPS) is 13.8. The minimum Gasteiger partial charge on any atom is -0.487 e. The van der Waals surface area contributed by atoms with E-state index in [-0.39, 0.29) is 6.10 Å². The number of piperidine rings is 1. The van der Waals surface area contributed by atoms with Gasteiger partial charge in [0.2, 0.25) is 5.88 Å². The topological polar surface area (TPSA) is 124 Å². The molecule has 3 aromatic heterocycles. The van der Waals surface area contributed by atoms with Crippen LogP contribution in [0.15, 0.2) is 73.1 Å². The maximum absolute atomic E-state index is 9.13. The van der Waals surface area contributed by atoms with E-state index in [1.807, 2.05) is 30.3 Å². The van der Waals surface area contributed by atoms with E-state index >= 15 is 0 Å². The Morgan fingerprint density at radius 2 is 1.82 bits per heavy atom. The lowest BCUT2D eigenvalue weighted by Crippen LogP contribution is -2.34. The summed E-state index contributed by atoms with van der Waals surface area (Å²) in [4.78, 5) is 13.7. The van der Waals surface area contributed by atoms with Crippen LogP contribution in [0.1, 0.15) is 24.0 Å². The third kappa shape index (κ3) is 5.28. The van der Waals surface area contributed by atoms with Crippen molar-refractivity contribution in [3.8, 4) is 34.8 Å². The molecule has 5 aromatic rings. The number of pyridine rings is 1. The number of hydrogen-bond donors (Lipinski definition) is 1. The van der Waals surface area contributed by atoms with Gasteiger partial charge >= 0.3 is 0 Å². The Kier molecular flexibility index (Phi) is 6.57. The zero-order valence-corrected chi connectivity index (χ0v) is 20.5. The van der Waals surface area contributed by atoms with Crippen molar-refractivity contribution in [2.75, 3.05) is 13.1 Å². The third-order valence-electron chi connectivity index (χ3n) is 6.25. The Bertz CT molecular complexity index is 1600. The van der Waals surface area contributed by atoms with Gasteiger partial charge in [0, 0.05) is 11.6 Å². The van der Waals surface area contributed by atoms with Gasteiger partial charge in [-0.25, -0.2) is 14.6 Å². The largest absolute Gasteiger partial charge is 0.487 e. The molecule has 188 valence electrons. The van der Waals surface area contributed by atoms with E-state index in [2.05, 4.69) is 36.7 Å². The molecule has 38 heavy (non-hydrogen) atoms. The summed E-state index contributed by atoms with van der Waals surface area (Å²) in [6, 6.07) is 20.6. The fourth-order valence-electron chi connectivity index (χ4n) is 4.36. The summed E-state index contributed by atoms with van der Waals surface area (Å²) in [5.41, 5.74) is 3.67. The molecule has 0 bridgehead atoms. The highest BCUT2D eigenvalue weighted by molar-refractivity contribution is 5.70. The average molecular weight is 505 g/mol. The molecule has 0 spiro atoms. The zero-order valence-electron chi connectivity index (χ0n) is 20.5. The monoisotopic (exact) mass is 504 g/mol. The highest BCUT2D eigenvalue weighted by atomic mass is 16.5. The van der Waals surface area contributed by atoms with Crippen LogP contribution >= 0.6 is 0 Å². The molecular weight excluding hydrogens is 480 g/mol. The van der Waals surface area contributed by atoms with Crippen molar-refractivity contribution < 1.29 is 9.47 Å². The second-order valence-electron chi connectivity index (χ2n) is 8.99. The fourth-order valence-corrected chi connectivity index (χ4v) is 4.36. The van der Waals surface area contributed by atoms with E-state index in [0.29, 0.717) is 46.5 Å². The van der Waals surface area contributed by atoms with Gasteiger partial charge in [-0.05, 0) is 61.8 Å². The first kappa shape index (κ1) is 23.5. The number of rotatable bonds is 7. The van der Waals surface area contributed by atoms with Crippen LogP contribution in [0, 0.1) is 11.3 Å². The predicted octanol–water partition coefficient (Wildman–Crippen LogP) is 4.13. The van der Waals surface area contributed by atoms with Gasteiger partial charge in [-0.15, -0.1) is 5.10 Å². The smallest absolute Gasteiger partial charge is 0.221 e. The van der Waals surface area contributed by atoms with Gasteiger partial charge in [0.1, 0.15) is 17.4 Å². The molecule has 0 radical (unpaired) electrons. The van der Waals surface area contributed by atoms with Crippen LogP contribution in [0.2, 0.25) is 0 Å². The summed E-state index contributed by atoms with van der Waals surface area (Å²) in [5, 5.41) is 21.0. The number of fused-ring (bicyclic) bond motifs is 1.